The smallest absolute Gasteiger partial charge is 0.237 e. The second kappa shape index (κ2) is 4.31. The Balaban J connectivity index is 1.90. The maximum Gasteiger partial charge on any atom is 0.237 e. The fraction of sp³-hybridized carbons (Fsp3) is 0.154. The summed E-state index contributed by atoms with van der Waals surface area (Å²) >= 11 is 0. The number of hydrogen-bond acceptors (Lipinski definition) is 3. The zero-order valence-corrected chi connectivity index (χ0v) is 10.1. The molecular weight excluding hydrogens is 247 g/mol. The van der Waals surface area contributed by atoms with Crippen LogP contribution in [-0.2, 0) is 4.79 Å². The van der Waals surface area contributed by atoms with E-state index in [0.29, 0.717) is 11.5 Å². The largest absolute Gasteiger partial charge is 0.325 e. The topological polar surface area (TPSA) is 70.1 Å². The highest BCUT2D eigenvalue weighted by Crippen LogP contribution is 2.32. The van der Waals surface area contributed by atoms with E-state index in [1.54, 1.807) is 12.1 Å². The van der Waals surface area contributed by atoms with Gasteiger partial charge in [-0.05, 0) is 24.6 Å². The van der Waals surface area contributed by atoms with Crippen molar-refractivity contribution in [1.29, 1.82) is 0 Å². The number of halogens is 1. The van der Waals surface area contributed by atoms with Crippen LogP contribution >= 0.6 is 0 Å². The third-order valence-corrected chi connectivity index (χ3v) is 2.94. The Bertz CT molecular complexity index is 677. The molecule has 0 bridgehead atoms. The number of benzene rings is 1. The number of H-pyrrole nitrogens is 1. The second-order valence-electron chi connectivity index (χ2n) is 4.39. The fourth-order valence-corrected chi connectivity index (χ4v) is 2.03. The van der Waals surface area contributed by atoms with Crippen LogP contribution in [0.2, 0.25) is 0 Å². The monoisotopic (exact) mass is 258 g/mol. The number of nitrogens with one attached hydrogen (secondary N) is 2. The van der Waals surface area contributed by atoms with E-state index in [9.17, 15) is 9.18 Å². The summed E-state index contributed by atoms with van der Waals surface area (Å²) in [5.74, 6) is -0.579. The van der Waals surface area contributed by atoms with Crippen LogP contribution in [0.3, 0.4) is 0 Å². The van der Waals surface area contributed by atoms with Crippen LogP contribution < -0.4 is 5.32 Å². The first-order chi connectivity index (χ1) is 9.13. The summed E-state index contributed by atoms with van der Waals surface area (Å²) in [6.45, 7) is 1.87. The Morgan fingerprint density at radius 2 is 2.26 bits per heavy atom. The summed E-state index contributed by atoms with van der Waals surface area (Å²) in [5.41, 5.74) is 2.12. The van der Waals surface area contributed by atoms with E-state index in [-0.39, 0.29) is 11.7 Å². The fourth-order valence-electron chi connectivity index (χ4n) is 2.03. The molecule has 2 aromatic rings. The predicted molar refractivity (Wildman–Crippen MR) is 69.2 cm³/mol. The molecule has 1 aromatic carbocycles. The molecule has 1 aliphatic heterocycles. The first-order valence-corrected chi connectivity index (χ1v) is 5.80. The lowest BCUT2D eigenvalue weighted by Gasteiger charge is -2.00. The molecule has 3 rings (SSSR count). The van der Waals surface area contributed by atoms with Crippen LogP contribution in [0.25, 0.3) is 0 Å². The van der Waals surface area contributed by atoms with Crippen molar-refractivity contribution < 1.29 is 9.18 Å². The Labute approximate surface area is 108 Å². The molecule has 0 saturated heterocycles. The lowest BCUT2D eigenvalue weighted by atomic mass is 10.0. The van der Waals surface area contributed by atoms with Gasteiger partial charge in [0.2, 0.25) is 5.91 Å². The van der Waals surface area contributed by atoms with Crippen LogP contribution in [0.4, 0.5) is 15.9 Å². The van der Waals surface area contributed by atoms with Crippen LogP contribution in [0.1, 0.15) is 17.2 Å². The van der Waals surface area contributed by atoms with Crippen molar-refractivity contribution in [2.24, 2.45) is 4.99 Å². The van der Waals surface area contributed by atoms with E-state index in [1.807, 2.05) is 6.92 Å². The van der Waals surface area contributed by atoms with Crippen LogP contribution in [0, 0.1) is 12.7 Å². The highest BCUT2D eigenvalue weighted by Gasteiger charge is 2.29. The van der Waals surface area contributed by atoms with E-state index in [1.165, 1.54) is 18.3 Å². The van der Waals surface area contributed by atoms with Gasteiger partial charge in [0.15, 0.2) is 5.82 Å². The molecule has 19 heavy (non-hydrogen) atoms. The number of amides is 1. The Morgan fingerprint density at radius 1 is 1.42 bits per heavy atom. The average Bonchev–Trinajstić information content (AvgIpc) is 2.89. The van der Waals surface area contributed by atoms with Gasteiger partial charge in [-0.25, -0.2) is 9.38 Å². The van der Waals surface area contributed by atoms with E-state index in [0.717, 1.165) is 11.3 Å². The standard InChI is InChI=1S/C13H11FN4O/c1-7-4-12(18-17-7)15-6-10-9-3-2-8(14)5-11(9)16-13(10)19/h2-6,10H,1H3,(H,16,19)(H,17,18). The van der Waals surface area contributed by atoms with Gasteiger partial charge in [0.05, 0.1) is 0 Å². The molecule has 0 aliphatic carbocycles. The molecule has 1 aliphatic rings. The molecular formula is C13H11FN4O. The van der Waals surface area contributed by atoms with Crippen LogP contribution in [-0.4, -0.2) is 22.3 Å². The highest BCUT2D eigenvalue weighted by atomic mass is 19.1. The maximum absolute atomic E-state index is 13.1. The Hall–Kier alpha value is -2.50. The lowest BCUT2D eigenvalue weighted by molar-refractivity contribution is -0.115. The number of anilines is 1. The van der Waals surface area contributed by atoms with Crippen LogP contribution in [0.5, 0.6) is 0 Å². The zero-order valence-electron chi connectivity index (χ0n) is 10.1. The van der Waals surface area contributed by atoms with Crippen molar-refractivity contribution in [2.75, 3.05) is 5.32 Å². The van der Waals surface area contributed by atoms with Gasteiger partial charge in [0, 0.05) is 23.7 Å². The minimum Gasteiger partial charge on any atom is -0.325 e. The molecule has 1 atom stereocenters. The van der Waals surface area contributed by atoms with Crippen molar-refractivity contribution in [3.63, 3.8) is 0 Å². The zero-order chi connectivity index (χ0) is 13.4. The van der Waals surface area contributed by atoms with Gasteiger partial charge in [-0.1, -0.05) is 6.07 Å². The number of aryl methyl sites for hydroxylation is 1. The number of aliphatic imine (C=N–C) groups is 1. The Morgan fingerprint density at radius 3 is 3.00 bits per heavy atom. The number of carbonyl (C=O) groups excluding carboxylic acids is 1. The van der Waals surface area contributed by atoms with E-state index < -0.39 is 5.92 Å². The third kappa shape index (κ3) is 2.12. The normalized spacial score (nSPS) is 17.8. The first-order valence-electron chi connectivity index (χ1n) is 5.80. The van der Waals surface area contributed by atoms with Crippen molar-refractivity contribution in [3.8, 4) is 0 Å². The maximum atomic E-state index is 13.1. The summed E-state index contributed by atoms with van der Waals surface area (Å²) in [6, 6.07) is 6.00. The van der Waals surface area contributed by atoms with Crippen molar-refractivity contribution in [2.45, 2.75) is 12.8 Å². The predicted octanol–water partition coefficient (Wildman–Crippen LogP) is 2.30. The molecule has 2 N–H and O–H groups in total. The number of aromatic nitrogens is 2. The SMILES string of the molecule is Cc1cc(N=CC2C(=O)Nc3cc(F)ccc32)n[nH]1. The molecule has 0 fully saturated rings. The summed E-state index contributed by atoms with van der Waals surface area (Å²) < 4.78 is 13.1. The van der Waals surface area contributed by atoms with Gasteiger partial charge < -0.3 is 5.32 Å². The summed E-state index contributed by atoms with van der Waals surface area (Å²) in [7, 11) is 0. The number of nitrogens with zero attached hydrogens (tertiary/aromatic N) is 2. The number of fused-ring (bicyclic) bond motifs is 1. The third-order valence-electron chi connectivity index (χ3n) is 2.94. The molecule has 0 radical (unpaired) electrons. The molecule has 96 valence electrons. The van der Waals surface area contributed by atoms with Crippen molar-refractivity contribution in [3.05, 3.63) is 41.3 Å². The lowest BCUT2D eigenvalue weighted by Crippen LogP contribution is -2.12. The molecule has 5 nitrogen and oxygen atoms in total. The number of carbonyl (C=O) groups is 1. The van der Waals surface area contributed by atoms with E-state index in [4.69, 9.17) is 0 Å². The van der Waals surface area contributed by atoms with Gasteiger partial charge in [-0.2, -0.15) is 5.10 Å². The summed E-state index contributed by atoms with van der Waals surface area (Å²) in [5, 5.41) is 9.36. The molecule has 6 heteroatoms. The number of aromatic amines is 1. The average molecular weight is 258 g/mol. The molecule has 2 heterocycles. The van der Waals surface area contributed by atoms with Crippen molar-refractivity contribution >= 4 is 23.6 Å². The molecule has 1 aromatic heterocycles. The molecule has 1 amide bonds. The Kier molecular flexibility index (Phi) is 2.63. The second-order valence-corrected chi connectivity index (χ2v) is 4.39. The molecule has 0 spiro atoms. The van der Waals surface area contributed by atoms with Gasteiger partial charge in [0.25, 0.3) is 0 Å². The van der Waals surface area contributed by atoms with Gasteiger partial charge >= 0.3 is 0 Å². The van der Waals surface area contributed by atoms with Crippen molar-refractivity contribution in [1.82, 2.24) is 10.2 Å². The minimum atomic E-state index is -0.507. The van der Waals surface area contributed by atoms with Gasteiger partial charge in [-0.15, -0.1) is 0 Å². The van der Waals surface area contributed by atoms with Gasteiger partial charge in [0.1, 0.15) is 11.7 Å². The highest BCUT2D eigenvalue weighted by molar-refractivity contribution is 6.12. The summed E-state index contributed by atoms with van der Waals surface area (Å²) in [6.07, 6.45) is 1.52. The van der Waals surface area contributed by atoms with E-state index in [2.05, 4.69) is 20.5 Å². The minimum absolute atomic E-state index is 0.211. The van der Waals surface area contributed by atoms with Gasteiger partial charge in [-0.3, -0.25) is 9.89 Å². The molecule has 1 unspecified atom stereocenters. The van der Waals surface area contributed by atoms with Crippen LogP contribution in [0.15, 0.2) is 29.3 Å². The summed E-state index contributed by atoms with van der Waals surface area (Å²) in [4.78, 5) is 16.0. The molecule has 0 saturated carbocycles. The number of rotatable bonds is 2. The van der Waals surface area contributed by atoms with E-state index >= 15 is 0 Å². The quantitative estimate of drug-likeness (QED) is 0.811. The number of hydrogen-bond donors (Lipinski definition) is 2. The first kappa shape index (κ1) is 11.6.